The molecule has 1 aromatic rings. The summed E-state index contributed by atoms with van der Waals surface area (Å²) in [6, 6.07) is 3.64. The molecule has 0 saturated heterocycles. The number of carboxylic acid groups (broad SMARTS) is 1. The summed E-state index contributed by atoms with van der Waals surface area (Å²) in [5, 5.41) is 14.3. The van der Waals surface area contributed by atoms with Crippen molar-refractivity contribution in [3.8, 4) is 0 Å². The summed E-state index contributed by atoms with van der Waals surface area (Å²) >= 11 is 13.3. The molecule has 0 amide bonds. The van der Waals surface area contributed by atoms with E-state index in [1.807, 2.05) is 30.1 Å². The molecule has 11 heteroatoms. The molecule has 0 aliphatic heterocycles. The Hall–Kier alpha value is -2.91. The van der Waals surface area contributed by atoms with Crippen LogP contribution in [0.5, 0.6) is 0 Å². The molecule has 6 rings (SSSR count). The zero-order valence-corrected chi connectivity index (χ0v) is 37.6. The van der Waals surface area contributed by atoms with E-state index in [0.29, 0.717) is 41.3 Å². The molecule has 314 valence electrons. The number of anilines is 1. The molecule has 4 saturated carbocycles. The Balaban J connectivity index is 1.38. The number of aliphatic carboxylic acids is 1. The quantitative estimate of drug-likeness (QED) is 0.101. The molecular weight excluding hydrogens is 761 g/mol. The van der Waals surface area contributed by atoms with Gasteiger partial charge in [-0.2, -0.15) is 0 Å². The van der Waals surface area contributed by atoms with E-state index in [1.165, 1.54) is 5.57 Å². The van der Waals surface area contributed by atoms with Gasteiger partial charge in [0.1, 0.15) is 17.0 Å². The summed E-state index contributed by atoms with van der Waals surface area (Å²) in [5.74, 6) is 0.240. The smallest absolute Gasteiger partial charge is 0.309 e. The Morgan fingerprint density at radius 1 is 1.02 bits per heavy atom. The topological polar surface area (TPSA) is 117 Å². The van der Waals surface area contributed by atoms with Crippen molar-refractivity contribution in [2.24, 2.45) is 56.2 Å². The molecule has 1 heterocycles. The monoisotopic (exact) mass is 825 g/mol. The molecule has 0 bridgehead atoms. The standard InChI is InChI=1S/C46H65Cl2N3O6/c1-12-51(50(11)35-16-13-28(47)25-49-35)39(30(48)26-52)46-22-21-44(9)29(38(46)37(27(2)3)31(53)23-46)14-15-33-43(8)19-18-34(57-36(54)24-41(4,5)40(55)56)42(6,7)32(43)17-20-45(33,44)10/h13,16,25-27,29,32-34H,12,14-15,17-24H2,1-11H3,(H,55,56)/b39-30+/t29?,32?,33?,34?,43?,44-,45?,46?/m1/s1. The highest BCUT2D eigenvalue weighted by molar-refractivity contribution is 6.39. The number of rotatable bonds is 11. The number of allylic oxidation sites excluding steroid dienone is 3. The summed E-state index contributed by atoms with van der Waals surface area (Å²) in [7, 11) is 1.92. The zero-order chi connectivity index (χ0) is 42.3. The molecular formula is C46H65Cl2N3O6. The van der Waals surface area contributed by atoms with Crippen LogP contribution in [0.4, 0.5) is 5.82 Å². The zero-order valence-electron chi connectivity index (χ0n) is 36.1. The van der Waals surface area contributed by atoms with E-state index in [9.17, 15) is 24.3 Å². The van der Waals surface area contributed by atoms with Crippen molar-refractivity contribution >= 4 is 53.0 Å². The highest BCUT2D eigenvalue weighted by Crippen LogP contribution is 2.77. The third-order valence-electron chi connectivity index (χ3n) is 16.6. The minimum atomic E-state index is -1.19. The van der Waals surface area contributed by atoms with Gasteiger partial charge in [0, 0.05) is 37.0 Å². The lowest BCUT2D eigenvalue weighted by Gasteiger charge is -2.72. The molecule has 9 nitrogen and oxygen atoms in total. The van der Waals surface area contributed by atoms with E-state index in [0.717, 1.165) is 56.8 Å². The number of nitrogens with zero attached hydrogens (tertiary/aromatic N) is 3. The molecule has 4 fully saturated rings. The van der Waals surface area contributed by atoms with E-state index in [-0.39, 0.29) is 63.3 Å². The first-order valence-electron chi connectivity index (χ1n) is 21.2. The molecule has 0 radical (unpaired) electrons. The number of Topliss-reactive ketones (excluding diaryl/α,β-unsaturated/α-hetero) is 1. The predicted molar refractivity (Wildman–Crippen MR) is 224 cm³/mol. The van der Waals surface area contributed by atoms with Crippen molar-refractivity contribution in [3.63, 3.8) is 0 Å². The number of hydrogen-bond acceptors (Lipinski definition) is 8. The number of ketones is 1. The van der Waals surface area contributed by atoms with Gasteiger partial charge in [0.25, 0.3) is 0 Å². The van der Waals surface area contributed by atoms with Crippen LogP contribution in [-0.2, 0) is 23.9 Å². The van der Waals surface area contributed by atoms with Crippen LogP contribution in [0.15, 0.2) is 40.2 Å². The fourth-order valence-corrected chi connectivity index (χ4v) is 14.0. The van der Waals surface area contributed by atoms with Crippen molar-refractivity contribution in [1.29, 1.82) is 0 Å². The van der Waals surface area contributed by atoms with Gasteiger partial charge in [-0.25, -0.2) is 4.98 Å². The van der Waals surface area contributed by atoms with Gasteiger partial charge in [-0.1, -0.05) is 71.7 Å². The average molecular weight is 827 g/mol. The third kappa shape index (κ3) is 6.67. The first kappa shape index (κ1) is 43.7. The SMILES string of the molecule is CCN(/C(=C(/Cl)C=O)C12CC[C@]3(C)C(CCC4C5(C)CCC(OC(=O)CC(C)(C)C(=O)O)C(C)(C)C5CCC43C)C1=C(C(C)C)C(=O)C2)N(C)c1ccc(Cl)cn1. The number of pyridine rings is 1. The maximum absolute atomic E-state index is 14.5. The summed E-state index contributed by atoms with van der Waals surface area (Å²) in [5.41, 5.74) is 0.433. The number of ether oxygens (including phenoxy) is 1. The largest absolute Gasteiger partial charge is 0.481 e. The van der Waals surface area contributed by atoms with E-state index in [1.54, 1.807) is 26.1 Å². The maximum Gasteiger partial charge on any atom is 0.309 e. The van der Waals surface area contributed by atoms with E-state index < -0.39 is 22.8 Å². The van der Waals surface area contributed by atoms with E-state index >= 15 is 0 Å². The number of carbonyl (C=O) groups is 4. The second-order valence-corrected chi connectivity index (χ2v) is 21.2. The summed E-state index contributed by atoms with van der Waals surface area (Å²) in [6.45, 7) is 22.0. The number of carboxylic acids is 1. The van der Waals surface area contributed by atoms with Gasteiger partial charge >= 0.3 is 11.9 Å². The minimum Gasteiger partial charge on any atom is -0.481 e. The summed E-state index contributed by atoms with van der Waals surface area (Å²) < 4.78 is 6.19. The van der Waals surface area contributed by atoms with E-state index in [4.69, 9.17) is 27.9 Å². The minimum absolute atomic E-state index is 0.00219. The van der Waals surface area contributed by atoms with Crippen molar-refractivity contribution in [3.05, 3.63) is 45.2 Å². The lowest BCUT2D eigenvalue weighted by atomic mass is 9.33. The Labute approximate surface area is 350 Å². The molecule has 0 spiro atoms. The van der Waals surface area contributed by atoms with Crippen molar-refractivity contribution in [2.75, 3.05) is 18.6 Å². The number of carbonyl (C=O) groups excluding carboxylic acids is 3. The molecule has 8 atom stereocenters. The van der Waals surface area contributed by atoms with Gasteiger partial charge in [-0.15, -0.1) is 0 Å². The Morgan fingerprint density at radius 3 is 2.28 bits per heavy atom. The number of aromatic nitrogens is 1. The Kier molecular flexibility index (Phi) is 11.5. The van der Waals surface area contributed by atoms with Crippen LogP contribution < -0.4 is 5.01 Å². The van der Waals surface area contributed by atoms with Gasteiger partial charge in [-0.05, 0) is 135 Å². The predicted octanol–water partition coefficient (Wildman–Crippen LogP) is 10.5. The lowest BCUT2D eigenvalue weighted by molar-refractivity contribution is -0.233. The van der Waals surface area contributed by atoms with Crippen LogP contribution >= 0.6 is 23.2 Å². The number of fused-ring (bicyclic) bond motifs is 7. The summed E-state index contributed by atoms with van der Waals surface area (Å²) in [6.07, 6.45) is 9.45. The Bertz CT molecular complexity index is 1870. The summed E-state index contributed by atoms with van der Waals surface area (Å²) in [4.78, 5) is 56.9. The molecule has 5 aliphatic carbocycles. The van der Waals surface area contributed by atoms with Crippen molar-refractivity contribution < 1.29 is 29.0 Å². The first-order valence-corrected chi connectivity index (χ1v) is 21.9. The molecule has 57 heavy (non-hydrogen) atoms. The van der Waals surface area contributed by atoms with Crippen molar-refractivity contribution in [2.45, 2.75) is 140 Å². The van der Waals surface area contributed by atoms with Crippen LogP contribution in [0.2, 0.25) is 5.02 Å². The van der Waals surface area contributed by atoms with Crippen LogP contribution in [-0.4, -0.2) is 58.8 Å². The highest BCUT2D eigenvalue weighted by Gasteiger charge is 2.71. The second-order valence-electron chi connectivity index (χ2n) is 20.4. The number of esters is 1. The van der Waals surface area contributed by atoms with Crippen LogP contribution in [0, 0.1) is 56.2 Å². The van der Waals surface area contributed by atoms with Crippen LogP contribution in [0.25, 0.3) is 0 Å². The fourth-order valence-electron chi connectivity index (χ4n) is 13.6. The first-order chi connectivity index (χ1) is 26.5. The van der Waals surface area contributed by atoms with Gasteiger partial charge in [0.05, 0.1) is 22.6 Å². The Morgan fingerprint density at radius 2 is 1.70 bits per heavy atom. The van der Waals surface area contributed by atoms with Gasteiger partial charge in [0.2, 0.25) is 0 Å². The maximum atomic E-state index is 14.5. The van der Waals surface area contributed by atoms with Crippen LogP contribution in [0.1, 0.15) is 133 Å². The lowest BCUT2D eigenvalue weighted by Crippen LogP contribution is -2.66. The molecule has 0 aromatic carbocycles. The van der Waals surface area contributed by atoms with Gasteiger partial charge < -0.3 is 9.84 Å². The second kappa shape index (κ2) is 15.0. The third-order valence-corrected chi connectivity index (χ3v) is 17.0. The van der Waals surface area contributed by atoms with Gasteiger partial charge in [-0.3, -0.25) is 29.2 Å². The molecule has 1 aromatic heterocycles. The number of hydrogen-bond donors (Lipinski definition) is 1. The number of hydrazine groups is 1. The van der Waals surface area contributed by atoms with Gasteiger partial charge in [0.15, 0.2) is 12.1 Å². The number of halogens is 2. The normalized spacial score (nSPS) is 35.0. The number of aldehydes is 1. The average Bonchev–Trinajstić information content (AvgIpc) is 3.44. The molecule has 5 aliphatic rings. The van der Waals surface area contributed by atoms with Crippen molar-refractivity contribution in [1.82, 2.24) is 9.99 Å². The van der Waals surface area contributed by atoms with E-state index in [2.05, 4.69) is 53.5 Å². The van der Waals surface area contributed by atoms with Crippen LogP contribution in [0.3, 0.4) is 0 Å². The highest BCUT2D eigenvalue weighted by atomic mass is 35.5. The molecule has 7 unspecified atom stereocenters. The molecule has 1 N–H and O–H groups in total. The fraction of sp³-hybridized carbons (Fsp3) is 0.717.